The van der Waals surface area contributed by atoms with Gasteiger partial charge < -0.3 is 9.47 Å². The maximum Gasteiger partial charge on any atom is 0.276 e. The van der Waals surface area contributed by atoms with E-state index in [1.54, 1.807) is 0 Å². The highest BCUT2D eigenvalue weighted by Crippen LogP contribution is 2.27. The minimum Gasteiger partial charge on any atom is -0.493 e. The van der Waals surface area contributed by atoms with Gasteiger partial charge >= 0.3 is 0 Å². The van der Waals surface area contributed by atoms with E-state index in [9.17, 15) is 9.00 Å². The molecule has 0 aliphatic heterocycles. The Labute approximate surface area is 89.3 Å². The van der Waals surface area contributed by atoms with Crippen LogP contribution in [-0.2, 0) is 11.1 Å². The molecule has 82 valence electrons. The zero-order chi connectivity index (χ0) is 11.4. The van der Waals surface area contributed by atoms with Gasteiger partial charge in [-0.3, -0.25) is 9.35 Å². The molecule has 15 heavy (non-hydrogen) atoms. The highest BCUT2D eigenvalue weighted by molar-refractivity contribution is 7.95. The summed E-state index contributed by atoms with van der Waals surface area (Å²) in [5.74, 6) is 0.798. The number of methoxy groups -OCH3 is 2. The van der Waals surface area contributed by atoms with E-state index in [1.807, 2.05) is 0 Å². The van der Waals surface area contributed by atoms with Crippen LogP contribution < -0.4 is 9.47 Å². The van der Waals surface area contributed by atoms with Gasteiger partial charge in [0.25, 0.3) is 5.12 Å². The Balaban J connectivity index is 3.13. The highest BCUT2D eigenvalue weighted by Gasteiger charge is 2.14. The lowest BCUT2D eigenvalue weighted by Gasteiger charge is -2.07. The number of carbonyl (C=O) groups excluding carboxylic acids is 1. The Kier molecular flexibility index (Phi) is 3.81. The van der Waals surface area contributed by atoms with E-state index in [0.717, 1.165) is 0 Å². The first-order valence-corrected chi connectivity index (χ1v) is 5.08. The molecule has 1 N–H and O–H groups in total. The summed E-state index contributed by atoms with van der Waals surface area (Å²) in [4.78, 5) is 11.2. The molecule has 1 unspecified atom stereocenters. The van der Waals surface area contributed by atoms with Crippen LogP contribution in [0.15, 0.2) is 18.2 Å². The Morgan fingerprint density at radius 1 is 1.27 bits per heavy atom. The molecule has 0 aliphatic rings. The van der Waals surface area contributed by atoms with Crippen molar-refractivity contribution in [1.29, 1.82) is 0 Å². The topological polar surface area (TPSA) is 72.8 Å². The molecule has 1 atom stereocenters. The normalized spacial score (nSPS) is 11.9. The van der Waals surface area contributed by atoms with Crippen LogP contribution in [0.5, 0.6) is 11.5 Å². The zero-order valence-electron chi connectivity index (χ0n) is 8.22. The van der Waals surface area contributed by atoms with Gasteiger partial charge in [-0.15, -0.1) is 0 Å². The summed E-state index contributed by atoms with van der Waals surface area (Å²) in [6, 6.07) is 4.26. The molecule has 0 saturated heterocycles. The molecule has 1 aromatic carbocycles. The van der Waals surface area contributed by atoms with E-state index < -0.39 is 16.2 Å². The first kappa shape index (κ1) is 11.7. The summed E-state index contributed by atoms with van der Waals surface area (Å²) in [5.41, 5.74) is 0.105. The third-order valence-corrected chi connectivity index (χ3v) is 2.33. The molecule has 0 saturated carbocycles. The summed E-state index contributed by atoms with van der Waals surface area (Å²) in [7, 11) is 2.88. The van der Waals surface area contributed by atoms with Gasteiger partial charge in [-0.05, 0) is 18.2 Å². The third kappa shape index (κ3) is 2.54. The Bertz CT molecular complexity index is 401. The summed E-state index contributed by atoms with van der Waals surface area (Å²) < 4.78 is 29.1. The van der Waals surface area contributed by atoms with Crippen molar-refractivity contribution in [2.75, 3.05) is 14.2 Å². The number of carbonyl (C=O) groups is 1. The van der Waals surface area contributed by atoms with Gasteiger partial charge in [0.2, 0.25) is 11.1 Å². The molecule has 6 heteroatoms. The number of benzene rings is 1. The Morgan fingerprint density at radius 2 is 1.87 bits per heavy atom. The molecule has 0 fully saturated rings. The molecule has 0 amide bonds. The number of ether oxygens (including phenoxy) is 2. The molecule has 0 spiro atoms. The molecule has 0 radical (unpaired) electrons. The SMILES string of the molecule is COc1ccc(C(=O)S(=O)O)cc1OC. The van der Waals surface area contributed by atoms with Crippen LogP contribution in [0.25, 0.3) is 0 Å². The van der Waals surface area contributed by atoms with E-state index in [-0.39, 0.29) is 5.56 Å². The molecular weight excluding hydrogens is 220 g/mol. The van der Waals surface area contributed by atoms with Crippen LogP contribution in [-0.4, -0.2) is 28.1 Å². The number of hydrogen-bond acceptors (Lipinski definition) is 4. The van der Waals surface area contributed by atoms with Gasteiger partial charge in [0.1, 0.15) is 0 Å². The Hall–Kier alpha value is -1.40. The average molecular weight is 230 g/mol. The summed E-state index contributed by atoms with van der Waals surface area (Å²) in [6.45, 7) is 0. The summed E-state index contributed by atoms with van der Waals surface area (Å²) >= 11 is -2.52. The lowest BCUT2D eigenvalue weighted by Crippen LogP contribution is -2.06. The summed E-state index contributed by atoms with van der Waals surface area (Å²) in [6.07, 6.45) is 0. The van der Waals surface area contributed by atoms with Gasteiger partial charge in [-0.1, -0.05) is 0 Å². The van der Waals surface area contributed by atoms with Crippen molar-refractivity contribution in [3.63, 3.8) is 0 Å². The van der Waals surface area contributed by atoms with Crippen molar-refractivity contribution in [3.8, 4) is 11.5 Å². The van der Waals surface area contributed by atoms with Gasteiger partial charge in [0.05, 0.1) is 14.2 Å². The molecule has 0 bridgehead atoms. The fraction of sp³-hybridized carbons (Fsp3) is 0.222. The van der Waals surface area contributed by atoms with Crippen molar-refractivity contribution in [3.05, 3.63) is 23.8 Å². The molecule has 1 aromatic rings. The largest absolute Gasteiger partial charge is 0.493 e. The minimum absolute atomic E-state index is 0.105. The number of hydrogen-bond donors (Lipinski definition) is 1. The lowest BCUT2D eigenvalue weighted by atomic mass is 10.2. The number of rotatable bonds is 3. The van der Waals surface area contributed by atoms with E-state index in [4.69, 9.17) is 14.0 Å². The van der Waals surface area contributed by atoms with Crippen LogP contribution in [0.4, 0.5) is 0 Å². The van der Waals surface area contributed by atoms with Crippen LogP contribution in [0.1, 0.15) is 10.4 Å². The Morgan fingerprint density at radius 3 is 2.33 bits per heavy atom. The van der Waals surface area contributed by atoms with Gasteiger partial charge in [0, 0.05) is 5.56 Å². The quantitative estimate of drug-likeness (QED) is 0.786. The fourth-order valence-electron chi connectivity index (χ4n) is 1.06. The summed E-state index contributed by atoms with van der Waals surface area (Å²) in [5, 5.41) is -0.865. The molecule has 1 rings (SSSR count). The van der Waals surface area contributed by atoms with Gasteiger partial charge in [0.15, 0.2) is 11.5 Å². The second-order valence-electron chi connectivity index (χ2n) is 2.61. The predicted molar refractivity (Wildman–Crippen MR) is 54.6 cm³/mol. The zero-order valence-corrected chi connectivity index (χ0v) is 9.04. The van der Waals surface area contributed by atoms with E-state index in [2.05, 4.69) is 0 Å². The van der Waals surface area contributed by atoms with Crippen LogP contribution >= 0.6 is 0 Å². The molecule has 0 aromatic heterocycles. The van der Waals surface area contributed by atoms with Crippen molar-refractivity contribution >= 4 is 16.2 Å². The second kappa shape index (κ2) is 4.90. The third-order valence-electron chi connectivity index (χ3n) is 1.78. The maximum absolute atomic E-state index is 11.2. The van der Waals surface area contributed by atoms with Crippen LogP contribution in [0.2, 0.25) is 0 Å². The van der Waals surface area contributed by atoms with E-state index in [1.165, 1.54) is 32.4 Å². The molecule has 0 heterocycles. The van der Waals surface area contributed by atoms with Crippen LogP contribution in [0.3, 0.4) is 0 Å². The minimum atomic E-state index is -2.52. The van der Waals surface area contributed by atoms with Crippen molar-refractivity contribution in [2.45, 2.75) is 0 Å². The van der Waals surface area contributed by atoms with Gasteiger partial charge in [-0.2, -0.15) is 0 Å². The monoisotopic (exact) mass is 230 g/mol. The average Bonchev–Trinajstić information content (AvgIpc) is 2.26. The predicted octanol–water partition coefficient (Wildman–Crippen LogP) is 1.07. The fourth-order valence-corrected chi connectivity index (χ4v) is 1.39. The highest BCUT2D eigenvalue weighted by atomic mass is 32.2. The van der Waals surface area contributed by atoms with Crippen molar-refractivity contribution < 1.29 is 23.0 Å². The first-order valence-electron chi connectivity index (χ1n) is 3.97. The lowest BCUT2D eigenvalue weighted by molar-refractivity contribution is 0.107. The molecule has 0 aliphatic carbocycles. The maximum atomic E-state index is 11.2. The van der Waals surface area contributed by atoms with E-state index >= 15 is 0 Å². The van der Waals surface area contributed by atoms with Crippen LogP contribution in [0, 0.1) is 0 Å². The van der Waals surface area contributed by atoms with Gasteiger partial charge in [-0.25, -0.2) is 4.21 Å². The van der Waals surface area contributed by atoms with Crippen molar-refractivity contribution in [2.24, 2.45) is 0 Å². The van der Waals surface area contributed by atoms with Crippen molar-refractivity contribution in [1.82, 2.24) is 0 Å². The molecule has 5 nitrogen and oxygen atoms in total. The standard InChI is InChI=1S/C9H10O5S/c1-13-7-4-3-6(5-8(7)14-2)9(10)15(11)12/h3-5H,1-2H3,(H,11,12). The second-order valence-corrected chi connectivity index (χ2v) is 3.48. The first-order chi connectivity index (χ1) is 7.10. The molecular formula is C9H10O5S. The smallest absolute Gasteiger partial charge is 0.276 e. The van der Waals surface area contributed by atoms with E-state index in [0.29, 0.717) is 11.5 Å².